The number of hydrogen-bond donors (Lipinski definition) is 1. The summed E-state index contributed by atoms with van der Waals surface area (Å²) in [5, 5.41) is 0. The van der Waals surface area contributed by atoms with Crippen LogP contribution >= 0.6 is 0 Å². The molecule has 0 radical (unpaired) electrons. The molecule has 0 aliphatic carbocycles. The molecule has 0 bridgehead atoms. The maximum absolute atomic E-state index is 4.11. The number of rotatable bonds is 2. The number of aliphatic imine (C=N–C) groups is 1. The van der Waals surface area contributed by atoms with E-state index in [-0.39, 0.29) is 0 Å². The van der Waals surface area contributed by atoms with Crippen molar-refractivity contribution in [2.75, 3.05) is 0 Å². The number of fused-ring (bicyclic) bond motifs is 1. The first-order valence-corrected chi connectivity index (χ1v) is 3.90. The van der Waals surface area contributed by atoms with Crippen LogP contribution < -0.4 is 0 Å². The molecule has 1 aromatic heterocycles. The Labute approximate surface area is 75.8 Å². The van der Waals surface area contributed by atoms with E-state index in [1.165, 1.54) is 0 Å². The molecular weight excluding hydrogens is 162 g/mol. The van der Waals surface area contributed by atoms with Crippen LogP contribution in [0.4, 0.5) is 0 Å². The predicted octanol–water partition coefficient (Wildman–Crippen LogP) is 2.23. The van der Waals surface area contributed by atoms with Gasteiger partial charge in [-0.25, -0.2) is 4.98 Å². The molecule has 0 unspecified atom stereocenters. The van der Waals surface area contributed by atoms with Crippen molar-refractivity contribution in [3.63, 3.8) is 0 Å². The number of aromatic amines is 1. The van der Waals surface area contributed by atoms with Crippen LogP contribution in [0.1, 0.15) is 5.56 Å². The van der Waals surface area contributed by atoms with Crippen molar-refractivity contribution < 1.29 is 0 Å². The van der Waals surface area contributed by atoms with Gasteiger partial charge in [-0.15, -0.1) is 0 Å². The predicted molar refractivity (Wildman–Crippen MR) is 54.7 cm³/mol. The zero-order valence-electron chi connectivity index (χ0n) is 7.12. The van der Waals surface area contributed by atoms with Gasteiger partial charge in [0, 0.05) is 5.56 Å². The highest BCUT2D eigenvalue weighted by molar-refractivity contribution is 5.80. The Bertz CT molecular complexity index is 468. The zero-order valence-corrected chi connectivity index (χ0v) is 7.12. The van der Waals surface area contributed by atoms with Gasteiger partial charge in [0.2, 0.25) is 0 Å². The Morgan fingerprint density at radius 1 is 1.46 bits per heavy atom. The largest absolute Gasteiger partial charge is 0.345 e. The van der Waals surface area contributed by atoms with Crippen LogP contribution in [0.5, 0.6) is 0 Å². The lowest BCUT2D eigenvalue weighted by molar-refractivity contribution is 1.34. The van der Waals surface area contributed by atoms with Crippen LogP contribution in [-0.2, 0) is 0 Å². The first-order chi connectivity index (χ1) is 6.31. The molecule has 64 valence electrons. The Balaban J connectivity index is 2.60. The average Bonchev–Trinajstić information content (AvgIpc) is 2.63. The zero-order chi connectivity index (χ0) is 9.26. The summed E-state index contributed by atoms with van der Waals surface area (Å²) in [5.41, 5.74) is 3.58. The lowest BCUT2D eigenvalue weighted by atomic mass is 10.1. The number of imidazole rings is 1. The van der Waals surface area contributed by atoms with Crippen LogP contribution in [0.2, 0.25) is 0 Å². The van der Waals surface area contributed by atoms with E-state index in [4.69, 9.17) is 0 Å². The van der Waals surface area contributed by atoms with Gasteiger partial charge in [-0.2, -0.15) is 0 Å². The fourth-order valence-electron chi connectivity index (χ4n) is 1.21. The van der Waals surface area contributed by atoms with Crippen molar-refractivity contribution in [2.45, 2.75) is 0 Å². The number of nitrogens with zero attached hydrogens (tertiary/aromatic N) is 2. The number of nitrogens with one attached hydrogen (secondary N) is 1. The van der Waals surface area contributed by atoms with E-state index in [9.17, 15) is 0 Å². The average molecular weight is 171 g/mol. The van der Waals surface area contributed by atoms with Crippen molar-refractivity contribution in [3.05, 3.63) is 36.7 Å². The molecule has 1 aromatic carbocycles. The summed E-state index contributed by atoms with van der Waals surface area (Å²) >= 11 is 0. The van der Waals surface area contributed by atoms with Crippen molar-refractivity contribution in [1.29, 1.82) is 0 Å². The first kappa shape index (κ1) is 7.73. The maximum atomic E-state index is 4.11. The summed E-state index contributed by atoms with van der Waals surface area (Å²) in [4.78, 5) is 10.9. The van der Waals surface area contributed by atoms with Crippen LogP contribution in [-0.4, -0.2) is 16.7 Å². The molecule has 0 saturated carbocycles. The molecule has 3 nitrogen and oxygen atoms in total. The van der Waals surface area contributed by atoms with Crippen LogP contribution in [0.15, 0.2) is 36.1 Å². The van der Waals surface area contributed by atoms with Gasteiger partial charge in [-0.05, 0) is 18.9 Å². The third kappa shape index (κ3) is 1.24. The van der Waals surface area contributed by atoms with E-state index in [0.717, 1.165) is 16.6 Å². The Morgan fingerprint density at radius 3 is 3.08 bits per heavy atom. The van der Waals surface area contributed by atoms with Crippen molar-refractivity contribution in [1.82, 2.24) is 9.97 Å². The van der Waals surface area contributed by atoms with E-state index < -0.39 is 0 Å². The molecule has 0 saturated heterocycles. The van der Waals surface area contributed by atoms with Gasteiger partial charge in [-0.1, -0.05) is 12.6 Å². The first-order valence-electron chi connectivity index (χ1n) is 3.90. The minimum Gasteiger partial charge on any atom is -0.345 e. The van der Waals surface area contributed by atoms with Gasteiger partial charge >= 0.3 is 0 Å². The quantitative estimate of drug-likeness (QED) is 0.691. The van der Waals surface area contributed by atoms with E-state index in [1.54, 1.807) is 6.33 Å². The molecule has 0 fully saturated rings. The fourth-order valence-corrected chi connectivity index (χ4v) is 1.21. The molecule has 2 rings (SSSR count). The Kier molecular flexibility index (Phi) is 1.70. The summed E-state index contributed by atoms with van der Waals surface area (Å²) in [5.74, 6) is 0. The molecule has 2 aromatic rings. The van der Waals surface area contributed by atoms with E-state index >= 15 is 0 Å². The third-order valence-electron chi connectivity index (χ3n) is 1.94. The van der Waals surface area contributed by atoms with Gasteiger partial charge in [0.15, 0.2) is 0 Å². The van der Waals surface area contributed by atoms with E-state index in [0.29, 0.717) is 5.70 Å². The van der Waals surface area contributed by atoms with E-state index in [1.807, 2.05) is 18.2 Å². The summed E-state index contributed by atoms with van der Waals surface area (Å²) in [6.45, 7) is 7.20. The summed E-state index contributed by atoms with van der Waals surface area (Å²) in [7, 11) is 0. The molecule has 0 atom stereocenters. The summed E-state index contributed by atoms with van der Waals surface area (Å²) in [6.07, 6.45) is 1.67. The second kappa shape index (κ2) is 2.86. The third-order valence-corrected chi connectivity index (χ3v) is 1.94. The topological polar surface area (TPSA) is 41.0 Å². The second-order valence-electron chi connectivity index (χ2n) is 2.74. The minimum atomic E-state index is 0.677. The number of aromatic nitrogens is 2. The molecule has 0 spiro atoms. The molecule has 0 aliphatic heterocycles. The van der Waals surface area contributed by atoms with Gasteiger partial charge in [0.1, 0.15) is 0 Å². The highest BCUT2D eigenvalue weighted by Gasteiger charge is 1.99. The summed E-state index contributed by atoms with van der Waals surface area (Å²) in [6, 6.07) is 5.82. The van der Waals surface area contributed by atoms with E-state index in [2.05, 4.69) is 28.3 Å². The van der Waals surface area contributed by atoms with Crippen LogP contribution in [0, 0.1) is 0 Å². The van der Waals surface area contributed by atoms with Gasteiger partial charge in [0.25, 0.3) is 0 Å². The molecule has 1 N–H and O–H groups in total. The normalized spacial score (nSPS) is 10.2. The molecule has 13 heavy (non-hydrogen) atoms. The minimum absolute atomic E-state index is 0.677. The Hall–Kier alpha value is -1.90. The van der Waals surface area contributed by atoms with Crippen molar-refractivity contribution in [2.24, 2.45) is 4.99 Å². The number of hydrogen-bond acceptors (Lipinski definition) is 2. The lowest BCUT2D eigenvalue weighted by Crippen LogP contribution is -1.78. The lowest BCUT2D eigenvalue weighted by Gasteiger charge is -1.98. The highest BCUT2D eigenvalue weighted by atomic mass is 14.9. The molecule has 0 aliphatic rings. The fraction of sp³-hybridized carbons (Fsp3) is 0. The molecule has 0 amide bonds. The Morgan fingerprint density at radius 2 is 2.31 bits per heavy atom. The van der Waals surface area contributed by atoms with Crippen LogP contribution in [0.3, 0.4) is 0 Å². The number of benzene rings is 1. The molecule has 3 heteroatoms. The van der Waals surface area contributed by atoms with Gasteiger partial charge in [0.05, 0.1) is 23.1 Å². The number of H-pyrrole nitrogens is 1. The SMILES string of the molecule is C=NC(=C)c1ccc2nc[nH]c2c1. The van der Waals surface area contributed by atoms with Crippen LogP contribution in [0.25, 0.3) is 16.7 Å². The smallest absolute Gasteiger partial charge is 0.0931 e. The van der Waals surface area contributed by atoms with Gasteiger partial charge < -0.3 is 4.98 Å². The monoisotopic (exact) mass is 171 g/mol. The van der Waals surface area contributed by atoms with Crippen molar-refractivity contribution in [3.8, 4) is 0 Å². The van der Waals surface area contributed by atoms with Gasteiger partial charge in [-0.3, -0.25) is 4.99 Å². The van der Waals surface area contributed by atoms with Crippen molar-refractivity contribution >= 4 is 23.4 Å². The maximum Gasteiger partial charge on any atom is 0.0931 e. The molecular formula is C10H9N3. The standard InChI is InChI=1S/C10H9N3/c1-7(11-2)8-3-4-9-10(5-8)13-6-12-9/h3-6H,1-2H2,(H,12,13). The molecule has 1 heterocycles. The highest BCUT2D eigenvalue weighted by Crippen LogP contribution is 2.17. The summed E-state index contributed by atoms with van der Waals surface area (Å²) < 4.78 is 0. The second-order valence-corrected chi connectivity index (χ2v) is 2.74.